The van der Waals surface area contributed by atoms with Crippen molar-refractivity contribution in [1.29, 1.82) is 0 Å². The number of imidazole rings is 2. The Kier molecular flexibility index (Phi) is 13.2. The Labute approximate surface area is 391 Å². The van der Waals surface area contributed by atoms with Gasteiger partial charge < -0.3 is 45.0 Å². The molecule has 0 radical (unpaired) electrons. The largest absolute Gasteiger partial charge is 0.457 e. The zero-order chi connectivity index (χ0) is 46.7. The summed E-state index contributed by atoms with van der Waals surface area (Å²) < 4.78 is 21.4. The Morgan fingerprint density at radius 3 is 1.36 bits per heavy atom. The molecule has 2 unspecified atom stereocenters. The molecule has 4 aliphatic heterocycles. The van der Waals surface area contributed by atoms with Gasteiger partial charge in [-0.3, -0.25) is 9.59 Å². The van der Waals surface area contributed by atoms with Crippen LogP contribution in [0.4, 0.5) is 4.79 Å². The highest BCUT2D eigenvalue weighted by Crippen LogP contribution is 2.43. The molecule has 10 rings (SSSR count). The standard InChI is InChI=1S/C29H34N4O4.C24H26N4O2/c1-29(2,3)37-28(35)32-16-13-19(14-17-32)23-15-18-33-25(26(30)34)24(31-27(23)33)20-9-11-22(12-10-20)36-21-7-5-4-6-8-21;25-23(29)22-21(17-6-8-19(9-7-17)30-18-4-2-1-3-5-18)27-24-20(12-15-28(22)24)16-10-13-26-14-11-16/h4-12,19,23H,13-18H2,1-3H3,(H2,30,34);1-9,16,20,26H,10-15H2,(H2,25,29). The number of nitrogens with two attached hydrogens (primary N) is 2. The molecule has 0 aliphatic carbocycles. The van der Waals surface area contributed by atoms with Crippen LogP contribution < -0.4 is 26.3 Å². The van der Waals surface area contributed by atoms with E-state index < -0.39 is 17.4 Å². The van der Waals surface area contributed by atoms with Gasteiger partial charge >= 0.3 is 6.09 Å². The first-order chi connectivity index (χ1) is 32.4. The molecule has 4 aliphatic rings. The number of fused-ring (bicyclic) bond motifs is 2. The summed E-state index contributed by atoms with van der Waals surface area (Å²) in [6.45, 7) is 10.6. The van der Waals surface area contributed by atoms with Crippen LogP contribution in [-0.2, 0) is 17.8 Å². The molecule has 2 atom stereocenters. The number of carbonyl (C=O) groups excluding carboxylic acids is 3. The molecule has 6 heterocycles. The number of piperidine rings is 2. The number of likely N-dealkylation sites (tertiary alicyclic amines) is 1. The Morgan fingerprint density at radius 1 is 0.552 bits per heavy atom. The quantitative estimate of drug-likeness (QED) is 0.121. The summed E-state index contributed by atoms with van der Waals surface area (Å²) in [5.41, 5.74) is 15.1. The number of hydrogen-bond donors (Lipinski definition) is 3. The molecule has 348 valence electrons. The first-order valence-electron chi connectivity index (χ1n) is 23.6. The SMILES string of the molecule is CC(C)(C)OC(=O)N1CCC(C2CCn3c2nc(-c2ccc(Oc4ccccc4)cc2)c3C(N)=O)CC1.NC(=O)c1c(-c2ccc(Oc3ccccc3)cc2)nc2n1CCC2C1CCNCC1. The van der Waals surface area contributed by atoms with Crippen molar-refractivity contribution >= 4 is 17.9 Å². The highest BCUT2D eigenvalue weighted by molar-refractivity contribution is 5.98. The van der Waals surface area contributed by atoms with Crippen LogP contribution in [0.3, 0.4) is 0 Å². The van der Waals surface area contributed by atoms with Gasteiger partial charge in [-0.15, -0.1) is 0 Å². The van der Waals surface area contributed by atoms with Gasteiger partial charge in [0.2, 0.25) is 0 Å². The maximum Gasteiger partial charge on any atom is 0.410 e. The summed E-state index contributed by atoms with van der Waals surface area (Å²) in [4.78, 5) is 49.0. The van der Waals surface area contributed by atoms with Crippen LogP contribution in [-0.4, -0.2) is 73.7 Å². The zero-order valence-electron chi connectivity index (χ0n) is 38.5. The summed E-state index contributed by atoms with van der Waals surface area (Å²) >= 11 is 0. The highest BCUT2D eigenvalue weighted by Gasteiger charge is 2.39. The summed E-state index contributed by atoms with van der Waals surface area (Å²) in [5, 5.41) is 3.43. The van der Waals surface area contributed by atoms with Crippen LogP contribution in [0.5, 0.6) is 23.0 Å². The third-order valence-corrected chi connectivity index (χ3v) is 13.4. The third kappa shape index (κ3) is 10.1. The second-order valence-corrected chi connectivity index (χ2v) is 18.9. The lowest BCUT2D eigenvalue weighted by atomic mass is 9.83. The number of hydrogen-bond acceptors (Lipinski definition) is 9. The van der Waals surface area contributed by atoms with E-state index in [2.05, 4.69) is 9.88 Å². The fourth-order valence-corrected chi connectivity index (χ4v) is 10.2. The van der Waals surface area contributed by atoms with Gasteiger partial charge in [0.1, 0.15) is 63.0 Å². The van der Waals surface area contributed by atoms with E-state index in [1.807, 2.05) is 135 Å². The lowest BCUT2D eigenvalue weighted by molar-refractivity contribution is 0.0173. The molecule has 5 N–H and O–H groups in total. The van der Waals surface area contributed by atoms with Gasteiger partial charge in [-0.05, 0) is 157 Å². The van der Waals surface area contributed by atoms with Crippen molar-refractivity contribution < 1.29 is 28.6 Å². The zero-order valence-corrected chi connectivity index (χ0v) is 38.5. The summed E-state index contributed by atoms with van der Waals surface area (Å²) in [6.07, 6.45) is 5.78. The number of nitrogens with one attached hydrogen (secondary N) is 1. The smallest absolute Gasteiger partial charge is 0.410 e. The van der Waals surface area contributed by atoms with Crippen molar-refractivity contribution in [3.63, 3.8) is 0 Å². The molecule has 2 aromatic heterocycles. The van der Waals surface area contributed by atoms with Gasteiger partial charge in [-0.25, -0.2) is 14.8 Å². The topological polar surface area (TPSA) is 182 Å². The molecule has 0 bridgehead atoms. The van der Waals surface area contributed by atoms with Crippen molar-refractivity contribution in [2.45, 2.75) is 89.8 Å². The monoisotopic (exact) mass is 904 g/mol. The van der Waals surface area contributed by atoms with Crippen molar-refractivity contribution in [3.8, 4) is 45.5 Å². The number of aromatic nitrogens is 4. The Balaban J connectivity index is 0.000000171. The van der Waals surface area contributed by atoms with Gasteiger partial charge in [0.05, 0.1) is 0 Å². The van der Waals surface area contributed by atoms with Crippen LogP contribution in [0.1, 0.15) is 104 Å². The van der Waals surface area contributed by atoms with Gasteiger partial charge in [-0.1, -0.05) is 36.4 Å². The van der Waals surface area contributed by atoms with E-state index in [1.165, 1.54) is 0 Å². The van der Waals surface area contributed by atoms with E-state index in [1.54, 1.807) is 4.90 Å². The number of primary amides is 2. The maximum absolute atomic E-state index is 12.5. The van der Waals surface area contributed by atoms with Crippen molar-refractivity contribution in [1.82, 2.24) is 29.3 Å². The Morgan fingerprint density at radius 2 is 0.955 bits per heavy atom. The van der Waals surface area contributed by atoms with Crippen LogP contribution in [0.25, 0.3) is 22.5 Å². The molecule has 3 amide bonds. The lowest BCUT2D eigenvalue weighted by Gasteiger charge is -2.35. The van der Waals surface area contributed by atoms with E-state index in [-0.39, 0.29) is 12.0 Å². The number of amides is 3. The molecule has 6 aromatic rings. The van der Waals surface area contributed by atoms with E-state index in [4.69, 9.17) is 35.6 Å². The minimum atomic E-state index is -0.502. The molecule has 2 fully saturated rings. The fourth-order valence-electron chi connectivity index (χ4n) is 10.2. The van der Waals surface area contributed by atoms with Gasteiger partial charge in [0.25, 0.3) is 11.8 Å². The molecule has 14 nitrogen and oxygen atoms in total. The fraction of sp³-hybridized carbons (Fsp3) is 0.377. The average Bonchev–Trinajstić information content (AvgIpc) is 4.11. The number of rotatable bonds is 10. The Hall–Kier alpha value is -6.93. The van der Waals surface area contributed by atoms with Crippen molar-refractivity contribution in [2.75, 3.05) is 26.2 Å². The van der Waals surface area contributed by atoms with E-state index in [0.717, 1.165) is 98.2 Å². The number of nitrogens with zero attached hydrogens (tertiary/aromatic N) is 5. The van der Waals surface area contributed by atoms with Gasteiger partial charge in [-0.2, -0.15) is 0 Å². The summed E-state index contributed by atoms with van der Waals surface area (Å²) in [5.74, 6) is 5.68. The molecular weight excluding hydrogens is 845 g/mol. The molecule has 4 aromatic carbocycles. The molecule has 67 heavy (non-hydrogen) atoms. The van der Waals surface area contributed by atoms with Gasteiger partial charge in [0.15, 0.2) is 0 Å². The number of carbonyl (C=O) groups is 3. The normalized spacial score (nSPS) is 18.3. The number of ether oxygens (including phenoxy) is 3. The molecule has 2 saturated heterocycles. The molecular formula is C53H60N8O6. The minimum Gasteiger partial charge on any atom is -0.457 e. The van der Waals surface area contributed by atoms with Crippen molar-refractivity contribution in [2.24, 2.45) is 23.3 Å². The third-order valence-electron chi connectivity index (χ3n) is 13.4. The molecule has 0 spiro atoms. The van der Waals surface area contributed by atoms with E-state index in [0.29, 0.717) is 65.9 Å². The molecule has 14 heteroatoms. The summed E-state index contributed by atoms with van der Waals surface area (Å²) in [7, 11) is 0. The van der Waals surface area contributed by atoms with E-state index >= 15 is 0 Å². The number of benzene rings is 4. The summed E-state index contributed by atoms with van der Waals surface area (Å²) in [6, 6.07) is 34.5. The van der Waals surface area contributed by atoms with Crippen LogP contribution in [0.2, 0.25) is 0 Å². The lowest BCUT2D eigenvalue weighted by Crippen LogP contribution is -2.42. The first-order valence-corrected chi connectivity index (χ1v) is 23.6. The first kappa shape index (κ1) is 45.2. The predicted molar refractivity (Wildman–Crippen MR) is 256 cm³/mol. The van der Waals surface area contributed by atoms with Crippen LogP contribution in [0.15, 0.2) is 109 Å². The molecule has 0 saturated carbocycles. The van der Waals surface area contributed by atoms with Gasteiger partial charge in [0, 0.05) is 49.1 Å². The second-order valence-electron chi connectivity index (χ2n) is 18.9. The van der Waals surface area contributed by atoms with Crippen LogP contribution in [0, 0.1) is 11.8 Å². The van der Waals surface area contributed by atoms with Crippen molar-refractivity contribution in [3.05, 3.63) is 132 Å². The second kappa shape index (κ2) is 19.5. The Bertz CT molecular complexity index is 2680. The average molecular weight is 905 g/mol. The minimum absolute atomic E-state index is 0.230. The highest BCUT2D eigenvalue weighted by atomic mass is 16.6. The number of para-hydroxylation sites is 2. The maximum atomic E-state index is 12.5. The van der Waals surface area contributed by atoms with Crippen LogP contribution >= 0.6 is 0 Å². The predicted octanol–water partition coefficient (Wildman–Crippen LogP) is 9.50. The van der Waals surface area contributed by atoms with E-state index in [9.17, 15) is 14.4 Å².